The van der Waals surface area contributed by atoms with Crippen molar-refractivity contribution in [3.8, 4) is 11.3 Å². The van der Waals surface area contributed by atoms with Crippen LogP contribution in [0, 0.1) is 0 Å². The zero-order chi connectivity index (χ0) is 15.7. The molecule has 0 spiro atoms. The SMILES string of the molecule is O=C1NC(=S)S/C1=C/c1ccc(-c2ccc(C(=O)[O-])cc2)o1. The van der Waals surface area contributed by atoms with Gasteiger partial charge in [0.2, 0.25) is 0 Å². The van der Waals surface area contributed by atoms with Crippen molar-refractivity contribution < 1.29 is 19.1 Å². The molecule has 0 unspecified atom stereocenters. The molecular weight excluding hydrogens is 322 g/mol. The Hall–Kier alpha value is -2.38. The molecule has 0 atom stereocenters. The van der Waals surface area contributed by atoms with Crippen molar-refractivity contribution in [1.82, 2.24) is 5.32 Å². The second-order valence-electron chi connectivity index (χ2n) is 4.42. The van der Waals surface area contributed by atoms with E-state index in [0.29, 0.717) is 20.7 Å². The highest BCUT2D eigenvalue weighted by molar-refractivity contribution is 8.26. The summed E-state index contributed by atoms with van der Waals surface area (Å²) in [6.45, 7) is 0. The summed E-state index contributed by atoms with van der Waals surface area (Å²) >= 11 is 6.09. The number of hydrogen-bond acceptors (Lipinski definition) is 6. The normalized spacial score (nSPS) is 16.1. The van der Waals surface area contributed by atoms with E-state index in [1.807, 2.05) is 0 Å². The number of carbonyl (C=O) groups excluding carboxylic acids is 2. The van der Waals surface area contributed by atoms with E-state index < -0.39 is 5.97 Å². The Balaban J connectivity index is 1.85. The van der Waals surface area contributed by atoms with Crippen LogP contribution < -0.4 is 10.4 Å². The minimum Gasteiger partial charge on any atom is -0.545 e. The number of benzene rings is 1. The minimum absolute atomic E-state index is 0.102. The molecule has 2 heterocycles. The first-order valence-electron chi connectivity index (χ1n) is 6.19. The Labute approximate surface area is 135 Å². The Morgan fingerprint density at radius 1 is 1.23 bits per heavy atom. The lowest BCUT2D eigenvalue weighted by atomic mass is 10.1. The quantitative estimate of drug-likeness (QED) is 0.682. The molecule has 1 fully saturated rings. The van der Waals surface area contributed by atoms with Gasteiger partial charge in [-0.15, -0.1) is 0 Å². The second kappa shape index (κ2) is 5.78. The minimum atomic E-state index is -1.23. The third-order valence-electron chi connectivity index (χ3n) is 2.95. The third kappa shape index (κ3) is 2.95. The lowest BCUT2D eigenvalue weighted by Gasteiger charge is -2.02. The van der Waals surface area contributed by atoms with Crippen LogP contribution in [0.4, 0.5) is 0 Å². The van der Waals surface area contributed by atoms with E-state index >= 15 is 0 Å². The molecule has 1 N–H and O–H groups in total. The first kappa shape index (κ1) is 14.6. The number of thiocarbonyl (C=S) groups is 1. The molecule has 0 radical (unpaired) electrons. The van der Waals surface area contributed by atoms with Crippen LogP contribution in [0.5, 0.6) is 0 Å². The van der Waals surface area contributed by atoms with Crippen LogP contribution in [-0.4, -0.2) is 16.2 Å². The number of aromatic carboxylic acids is 1. The van der Waals surface area contributed by atoms with Gasteiger partial charge in [-0.25, -0.2) is 0 Å². The van der Waals surface area contributed by atoms with Crippen molar-refractivity contribution in [1.29, 1.82) is 0 Å². The molecule has 1 aliphatic heterocycles. The van der Waals surface area contributed by atoms with Gasteiger partial charge in [0.15, 0.2) is 0 Å². The molecule has 1 amide bonds. The second-order valence-corrected chi connectivity index (χ2v) is 6.14. The standard InChI is InChI=1S/C15H9NO4S2/c17-13-12(22-15(21)16-13)7-10-5-6-11(20-10)8-1-3-9(4-2-8)14(18)19/h1-7H,(H,18,19)(H,16,17,21)/p-1/b12-7+. The fourth-order valence-corrected chi connectivity index (χ4v) is 2.93. The van der Waals surface area contributed by atoms with Gasteiger partial charge in [-0.1, -0.05) is 48.2 Å². The number of carboxylic acids is 1. The summed E-state index contributed by atoms with van der Waals surface area (Å²) in [5, 5.41) is 13.2. The van der Waals surface area contributed by atoms with E-state index in [1.54, 1.807) is 30.3 Å². The van der Waals surface area contributed by atoms with E-state index in [1.165, 1.54) is 23.9 Å². The molecule has 2 aromatic rings. The molecule has 0 aliphatic carbocycles. The average Bonchev–Trinajstić information content (AvgIpc) is 3.06. The highest BCUT2D eigenvalue weighted by atomic mass is 32.2. The van der Waals surface area contributed by atoms with Crippen LogP contribution in [0.1, 0.15) is 16.1 Å². The lowest BCUT2D eigenvalue weighted by Crippen LogP contribution is -2.21. The Morgan fingerprint density at radius 2 is 1.95 bits per heavy atom. The van der Waals surface area contributed by atoms with E-state index in [9.17, 15) is 14.7 Å². The summed E-state index contributed by atoms with van der Waals surface area (Å²) in [6.07, 6.45) is 1.61. The summed E-state index contributed by atoms with van der Waals surface area (Å²) in [5.41, 5.74) is 0.832. The topological polar surface area (TPSA) is 82.4 Å². The largest absolute Gasteiger partial charge is 0.545 e. The van der Waals surface area contributed by atoms with E-state index in [4.69, 9.17) is 16.6 Å². The first-order valence-corrected chi connectivity index (χ1v) is 7.42. The Morgan fingerprint density at radius 3 is 2.55 bits per heavy atom. The van der Waals surface area contributed by atoms with Crippen LogP contribution in [0.3, 0.4) is 0 Å². The number of thioether (sulfide) groups is 1. The van der Waals surface area contributed by atoms with Gasteiger partial charge in [0.05, 0.1) is 10.9 Å². The van der Waals surface area contributed by atoms with Gasteiger partial charge < -0.3 is 19.6 Å². The van der Waals surface area contributed by atoms with Gasteiger partial charge in [-0.2, -0.15) is 0 Å². The summed E-state index contributed by atoms with van der Waals surface area (Å²) in [7, 11) is 0. The molecule has 22 heavy (non-hydrogen) atoms. The monoisotopic (exact) mass is 330 g/mol. The summed E-state index contributed by atoms with van der Waals surface area (Å²) in [6, 6.07) is 9.63. The van der Waals surface area contributed by atoms with Crippen LogP contribution in [0.25, 0.3) is 17.4 Å². The number of hydrogen-bond donors (Lipinski definition) is 1. The number of nitrogens with one attached hydrogen (secondary N) is 1. The number of rotatable bonds is 3. The molecule has 1 aromatic carbocycles. The number of carbonyl (C=O) groups is 2. The van der Waals surface area contributed by atoms with Crippen molar-refractivity contribution in [2.75, 3.05) is 0 Å². The first-order chi connectivity index (χ1) is 10.5. The van der Waals surface area contributed by atoms with Crippen molar-refractivity contribution in [3.63, 3.8) is 0 Å². The highest BCUT2D eigenvalue weighted by Gasteiger charge is 2.22. The molecule has 3 rings (SSSR count). The molecule has 0 bridgehead atoms. The number of carboxylic acid groups (broad SMARTS) is 1. The van der Waals surface area contributed by atoms with Crippen LogP contribution >= 0.6 is 24.0 Å². The van der Waals surface area contributed by atoms with Crippen LogP contribution in [0.15, 0.2) is 45.7 Å². The van der Waals surface area contributed by atoms with Crippen molar-refractivity contribution >= 4 is 46.3 Å². The van der Waals surface area contributed by atoms with Crippen molar-refractivity contribution in [2.45, 2.75) is 0 Å². The van der Waals surface area contributed by atoms with E-state index in [-0.39, 0.29) is 11.5 Å². The molecule has 0 saturated carbocycles. The molecule has 110 valence electrons. The summed E-state index contributed by atoms with van der Waals surface area (Å²) < 4.78 is 6.06. The smallest absolute Gasteiger partial charge is 0.263 e. The number of furan rings is 1. The van der Waals surface area contributed by atoms with Gasteiger partial charge in [0.25, 0.3) is 5.91 Å². The van der Waals surface area contributed by atoms with Gasteiger partial charge >= 0.3 is 0 Å². The van der Waals surface area contributed by atoms with Crippen LogP contribution in [-0.2, 0) is 4.79 Å². The van der Waals surface area contributed by atoms with Crippen molar-refractivity contribution in [2.24, 2.45) is 0 Å². The third-order valence-corrected chi connectivity index (χ3v) is 4.11. The molecule has 5 nitrogen and oxygen atoms in total. The van der Waals surface area contributed by atoms with Gasteiger partial charge in [0, 0.05) is 11.6 Å². The zero-order valence-corrected chi connectivity index (χ0v) is 12.6. The van der Waals surface area contributed by atoms with Gasteiger partial charge in [-0.3, -0.25) is 4.79 Å². The maximum Gasteiger partial charge on any atom is 0.263 e. The number of amides is 1. The zero-order valence-electron chi connectivity index (χ0n) is 11.0. The molecule has 7 heteroatoms. The predicted octanol–water partition coefficient (Wildman–Crippen LogP) is 1.80. The molecular formula is C15H8NO4S2-. The maximum atomic E-state index is 11.6. The van der Waals surface area contributed by atoms with Crippen molar-refractivity contribution in [3.05, 3.63) is 52.6 Å². The molecule has 1 saturated heterocycles. The molecule has 1 aromatic heterocycles. The lowest BCUT2D eigenvalue weighted by molar-refractivity contribution is -0.255. The summed E-state index contributed by atoms with van der Waals surface area (Å²) in [4.78, 5) is 22.8. The van der Waals surface area contributed by atoms with E-state index in [0.717, 1.165) is 5.56 Å². The predicted molar refractivity (Wildman–Crippen MR) is 84.8 cm³/mol. The molecule has 1 aliphatic rings. The fraction of sp³-hybridized carbons (Fsp3) is 0. The Bertz CT molecular complexity index is 805. The highest BCUT2D eigenvalue weighted by Crippen LogP contribution is 2.28. The van der Waals surface area contributed by atoms with Crippen LogP contribution in [0.2, 0.25) is 0 Å². The summed E-state index contributed by atoms with van der Waals surface area (Å²) in [5.74, 6) is -0.382. The van der Waals surface area contributed by atoms with Gasteiger partial charge in [-0.05, 0) is 17.7 Å². The Kier molecular flexibility index (Phi) is 3.82. The average molecular weight is 330 g/mol. The van der Waals surface area contributed by atoms with Gasteiger partial charge in [0.1, 0.15) is 15.8 Å². The van der Waals surface area contributed by atoms with E-state index in [2.05, 4.69) is 5.32 Å². The maximum absolute atomic E-state index is 11.6. The fourth-order valence-electron chi connectivity index (χ4n) is 1.91.